The maximum atomic E-state index is 11.7. The van der Waals surface area contributed by atoms with Crippen molar-refractivity contribution in [3.8, 4) is 0 Å². The molecule has 2 atom stereocenters. The first kappa shape index (κ1) is 23.1. The van der Waals surface area contributed by atoms with Gasteiger partial charge in [0.1, 0.15) is 6.23 Å². The molecule has 0 fully saturated rings. The Kier molecular flexibility index (Phi) is 15.6. The van der Waals surface area contributed by atoms with E-state index in [-0.39, 0.29) is 6.61 Å². The molecular weight excluding hydrogens is 313 g/mol. The number of hydrogen-bond donors (Lipinski definition) is 2. The molecule has 0 amide bonds. The topological polar surface area (TPSA) is 81.8 Å². The maximum absolute atomic E-state index is 11.7. The molecule has 0 aliphatic carbocycles. The van der Waals surface area contributed by atoms with E-state index in [1.807, 2.05) is 6.92 Å². The Labute approximate surface area is 142 Å². The summed E-state index contributed by atoms with van der Waals surface area (Å²) >= 11 is 0. The molecule has 0 bridgehead atoms. The minimum atomic E-state index is -3.99. The Morgan fingerprint density at radius 3 is 1.87 bits per heavy atom. The van der Waals surface area contributed by atoms with Gasteiger partial charge in [0.2, 0.25) is 0 Å². The Morgan fingerprint density at radius 1 is 0.870 bits per heavy atom. The second-order valence-corrected chi connectivity index (χ2v) is 7.68. The fraction of sp³-hybridized carbons (Fsp3) is 1.00. The number of phosphoric acid groups is 1. The molecule has 0 aromatic heterocycles. The van der Waals surface area contributed by atoms with Gasteiger partial charge < -0.3 is 10.6 Å². The molecule has 0 rings (SSSR count). The van der Waals surface area contributed by atoms with E-state index in [4.69, 9.17) is 14.8 Å². The highest BCUT2D eigenvalue weighted by atomic mass is 31.2. The molecule has 0 aromatic carbocycles. The van der Waals surface area contributed by atoms with Gasteiger partial charge in [-0.25, -0.2) is 4.57 Å². The van der Waals surface area contributed by atoms with Crippen molar-refractivity contribution in [1.29, 1.82) is 0 Å². The summed E-state index contributed by atoms with van der Waals surface area (Å²) in [4.78, 5) is 9.56. The van der Waals surface area contributed by atoms with Crippen LogP contribution in [0.15, 0.2) is 0 Å². The number of rotatable bonds is 17. The predicted molar refractivity (Wildman–Crippen MR) is 96.2 cm³/mol. The van der Waals surface area contributed by atoms with E-state index in [0.717, 1.165) is 32.1 Å². The van der Waals surface area contributed by atoms with Gasteiger partial charge in [-0.2, -0.15) is 0 Å². The SMILES string of the molecule is CCCCCCCCCCCCOP(=O)(O)OC(N)CCCC. The summed E-state index contributed by atoms with van der Waals surface area (Å²) < 4.78 is 21.5. The summed E-state index contributed by atoms with van der Waals surface area (Å²) in [5.41, 5.74) is 5.64. The Balaban J connectivity index is 3.43. The normalized spacial score (nSPS) is 15.5. The molecule has 0 saturated carbocycles. The molecule has 2 unspecified atom stereocenters. The lowest BCUT2D eigenvalue weighted by molar-refractivity contribution is 0.100. The smallest absolute Gasteiger partial charge is 0.306 e. The van der Waals surface area contributed by atoms with E-state index < -0.39 is 14.1 Å². The van der Waals surface area contributed by atoms with E-state index in [0.29, 0.717) is 6.42 Å². The number of phosphoric ester groups is 1. The molecule has 0 aromatic rings. The molecule has 0 heterocycles. The number of unbranched alkanes of at least 4 members (excludes halogenated alkanes) is 10. The second-order valence-electron chi connectivity index (χ2n) is 6.27. The molecule has 0 aliphatic heterocycles. The van der Waals surface area contributed by atoms with Gasteiger partial charge in [0.25, 0.3) is 0 Å². The summed E-state index contributed by atoms with van der Waals surface area (Å²) in [6, 6.07) is 0. The average molecular weight is 351 g/mol. The molecule has 0 spiro atoms. The minimum Gasteiger partial charge on any atom is -0.306 e. The van der Waals surface area contributed by atoms with Gasteiger partial charge in [-0.3, -0.25) is 9.05 Å². The van der Waals surface area contributed by atoms with Crippen LogP contribution < -0.4 is 5.73 Å². The van der Waals surface area contributed by atoms with Crippen LogP contribution in [0.2, 0.25) is 0 Å². The van der Waals surface area contributed by atoms with Crippen LogP contribution >= 0.6 is 7.82 Å². The summed E-state index contributed by atoms with van der Waals surface area (Å²) in [7, 11) is -3.99. The lowest BCUT2D eigenvalue weighted by Crippen LogP contribution is -2.22. The molecule has 0 radical (unpaired) electrons. The molecule has 3 N–H and O–H groups in total. The third-order valence-corrected chi connectivity index (χ3v) is 4.91. The molecule has 0 aliphatic rings. The minimum absolute atomic E-state index is 0.255. The molecular formula is C17H38NO4P. The first-order chi connectivity index (χ1) is 11.0. The van der Waals surface area contributed by atoms with E-state index >= 15 is 0 Å². The van der Waals surface area contributed by atoms with Gasteiger partial charge in [0.05, 0.1) is 6.61 Å². The monoisotopic (exact) mass is 351 g/mol. The van der Waals surface area contributed by atoms with E-state index in [2.05, 4.69) is 6.92 Å². The van der Waals surface area contributed by atoms with Crippen LogP contribution in [-0.4, -0.2) is 17.7 Å². The zero-order valence-corrected chi connectivity index (χ0v) is 16.1. The third kappa shape index (κ3) is 16.7. The van der Waals surface area contributed by atoms with Crippen LogP contribution in [0.25, 0.3) is 0 Å². The standard InChI is InChI=1S/C17H38NO4P/c1-3-5-7-8-9-10-11-12-13-14-16-21-23(19,20)22-17(18)15-6-4-2/h17H,3-16,18H2,1-2H3,(H,19,20). The quantitative estimate of drug-likeness (QED) is 0.205. The Morgan fingerprint density at radius 2 is 1.35 bits per heavy atom. The van der Waals surface area contributed by atoms with Crippen LogP contribution in [-0.2, 0) is 13.6 Å². The van der Waals surface area contributed by atoms with Crippen molar-refractivity contribution in [2.45, 2.75) is 104 Å². The number of nitrogens with two attached hydrogens (primary N) is 1. The first-order valence-corrected chi connectivity index (χ1v) is 10.9. The van der Waals surface area contributed by atoms with Crippen molar-refractivity contribution in [3.05, 3.63) is 0 Å². The van der Waals surface area contributed by atoms with Gasteiger partial charge in [-0.05, 0) is 19.3 Å². The lowest BCUT2D eigenvalue weighted by Gasteiger charge is -2.17. The fourth-order valence-corrected chi connectivity index (χ4v) is 3.30. The zero-order chi connectivity index (χ0) is 17.4. The Hall–Kier alpha value is 0.0700. The van der Waals surface area contributed by atoms with Crippen LogP contribution in [0, 0.1) is 0 Å². The summed E-state index contributed by atoms with van der Waals surface area (Å²) in [5.74, 6) is 0. The maximum Gasteiger partial charge on any atom is 0.473 e. The van der Waals surface area contributed by atoms with Gasteiger partial charge in [0, 0.05) is 0 Å². The largest absolute Gasteiger partial charge is 0.473 e. The average Bonchev–Trinajstić information content (AvgIpc) is 2.50. The van der Waals surface area contributed by atoms with Crippen molar-refractivity contribution >= 4 is 7.82 Å². The molecule has 140 valence electrons. The highest BCUT2D eigenvalue weighted by Crippen LogP contribution is 2.44. The lowest BCUT2D eigenvalue weighted by atomic mass is 10.1. The van der Waals surface area contributed by atoms with Crippen molar-refractivity contribution in [2.24, 2.45) is 5.73 Å². The van der Waals surface area contributed by atoms with Crippen molar-refractivity contribution in [1.82, 2.24) is 0 Å². The molecule has 5 nitrogen and oxygen atoms in total. The molecule has 0 saturated heterocycles. The third-order valence-electron chi connectivity index (χ3n) is 3.86. The van der Waals surface area contributed by atoms with E-state index in [1.54, 1.807) is 0 Å². The van der Waals surface area contributed by atoms with Gasteiger partial charge in [-0.15, -0.1) is 0 Å². The number of hydrogen-bond acceptors (Lipinski definition) is 4. The summed E-state index contributed by atoms with van der Waals surface area (Å²) in [5, 5.41) is 0. The van der Waals surface area contributed by atoms with Crippen molar-refractivity contribution in [2.75, 3.05) is 6.61 Å². The Bertz CT molecular complexity index is 302. The zero-order valence-electron chi connectivity index (χ0n) is 15.2. The van der Waals surface area contributed by atoms with Crippen LogP contribution in [0.1, 0.15) is 97.3 Å². The first-order valence-electron chi connectivity index (χ1n) is 9.43. The van der Waals surface area contributed by atoms with Crippen LogP contribution in [0.5, 0.6) is 0 Å². The van der Waals surface area contributed by atoms with Crippen molar-refractivity contribution in [3.63, 3.8) is 0 Å². The molecule has 6 heteroatoms. The highest BCUT2D eigenvalue weighted by molar-refractivity contribution is 7.47. The fourth-order valence-electron chi connectivity index (χ4n) is 2.43. The van der Waals surface area contributed by atoms with E-state index in [9.17, 15) is 9.46 Å². The predicted octanol–water partition coefficient (Wildman–Crippen LogP) is 5.52. The van der Waals surface area contributed by atoms with Gasteiger partial charge >= 0.3 is 7.82 Å². The highest BCUT2D eigenvalue weighted by Gasteiger charge is 2.24. The molecule has 23 heavy (non-hydrogen) atoms. The second kappa shape index (κ2) is 15.6. The van der Waals surface area contributed by atoms with Crippen LogP contribution in [0.4, 0.5) is 0 Å². The van der Waals surface area contributed by atoms with Gasteiger partial charge in [0.15, 0.2) is 0 Å². The summed E-state index contributed by atoms with van der Waals surface area (Å²) in [6.07, 6.45) is 13.9. The summed E-state index contributed by atoms with van der Waals surface area (Å²) in [6.45, 7) is 4.52. The van der Waals surface area contributed by atoms with Crippen molar-refractivity contribution < 1.29 is 18.5 Å². The van der Waals surface area contributed by atoms with Crippen LogP contribution in [0.3, 0.4) is 0 Å². The van der Waals surface area contributed by atoms with E-state index in [1.165, 1.54) is 44.9 Å². The van der Waals surface area contributed by atoms with Gasteiger partial charge in [-0.1, -0.05) is 78.1 Å².